The van der Waals surface area contributed by atoms with Crippen molar-refractivity contribution in [2.75, 3.05) is 5.32 Å². The quantitative estimate of drug-likeness (QED) is 0.398. The summed E-state index contributed by atoms with van der Waals surface area (Å²) in [6, 6.07) is 15.6. The number of fused-ring (bicyclic) bond motifs is 1. The predicted molar refractivity (Wildman–Crippen MR) is 123 cm³/mol. The summed E-state index contributed by atoms with van der Waals surface area (Å²) in [5, 5.41) is 4.38. The molecule has 0 aliphatic carbocycles. The zero-order valence-electron chi connectivity index (χ0n) is 16.7. The van der Waals surface area contributed by atoms with Gasteiger partial charge in [-0.1, -0.05) is 53.7 Å². The number of aryl methyl sites for hydroxylation is 1. The zero-order valence-corrected chi connectivity index (χ0v) is 18.3. The third-order valence-corrected chi connectivity index (χ3v) is 6.41. The molecule has 0 spiro atoms. The van der Waals surface area contributed by atoms with Crippen LogP contribution in [0.2, 0.25) is 5.02 Å². The Morgan fingerprint density at radius 3 is 2.80 bits per heavy atom. The minimum absolute atomic E-state index is 0.138. The number of hydrogen-bond acceptors (Lipinski definition) is 4. The van der Waals surface area contributed by atoms with Crippen molar-refractivity contribution in [3.05, 3.63) is 82.6 Å². The molecule has 0 saturated carbocycles. The largest absolute Gasteiger partial charge is 0.324 e. The molecule has 2 aromatic carbocycles. The number of anilines is 1. The highest BCUT2D eigenvalue weighted by molar-refractivity contribution is 7.98. The van der Waals surface area contributed by atoms with E-state index < -0.39 is 0 Å². The molecule has 0 saturated heterocycles. The summed E-state index contributed by atoms with van der Waals surface area (Å²) < 4.78 is 1.92. The van der Waals surface area contributed by atoms with Crippen molar-refractivity contribution < 1.29 is 4.79 Å². The van der Waals surface area contributed by atoms with Gasteiger partial charge in [-0.15, -0.1) is 0 Å². The molecule has 0 atom stereocenters. The number of carbonyl (C=O) groups excluding carboxylic acids is 1. The second-order valence-corrected chi connectivity index (χ2v) is 8.37. The number of aromatic nitrogens is 3. The van der Waals surface area contributed by atoms with E-state index in [9.17, 15) is 4.79 Å². The first-order valence-electron chi connectivity index (χ1n) is 9.55. The highest BCUT2D eigenvalue weighted by atomic mass is 35.5. The van der Waals surface area contributed by atoms with Crippen molar-refractivity contribution >= 4 is 46.0 Å². The Balaban J connectivity index is 1.59. The molecule has 2 aromatic heterocycles. The maximum absolute atomic E-state index is 12.8. The average Bonchev–Trinajstić information content (AvgIpc) is 3.08. The van der Waals surface area contributed by atoms with Crippen LogP contribution in [0, 0.1) is 13.8 Å². The molecule has 0 aliphatic rings. The van der Waals surface area contributed by atoms with Gasteiger partial charge in [-0.05, 0) is 48.7 Å². The highest BCUT2D eigenvalue weighted by Gasteiger charge is 2.16. The van der Waals surface area contributed by atoms with Gasteiger partial charge in [-0.25, -0.2) is 4.98 Å². The summed E-state index contributed by atoms with van der Waals surface area (Å²) in [6.45, 7) is 4.13. The normalized spacial score (nSPS) is 11.0. The van der Waals surface area contributed by atoms with E-state index in [2.05, 4.69) is 29.4 Å². The third-order valence-electron chi connectivity index (χ3n) is 4.98. The van der Waals surface area contributed by atoms with Crippen LogP contribution in [0.5, 0.6) is 0 Å². The molecule has 1 amide bonds. The molecule has 1 N–H and O–H groups in total. The van der Waals surface area contributed by atoms with Crippen molar-refractivity contribution in [2.45, 2.75) is 31.3 Å². The third kappa shape index (κ3) is 4.35. The lowest BCUT2D eigenvalue weighted by Crippen LogP contribution is -2.19. The summed E-state index contributed by atoms with van der Waals surface area (Å²) in [6.07, 6.45) is 3.46. The van der Waals surface area contributed by atoms with Gasteiger partial charge >= 0.3 is 0 Å². The molecule has 0 unspecified atom stereocenters. The Morgan fingerprint density at radius 1 is 1.13 bits per heavy atom. The summed E-state index contributed by atoms with van der Waals surface area (Å²) >= 11 is 7.79. The van der Waals surface area contributed by atoms with E-state index >= 15 is 0 Å². The number of pyridine rings is 1. The molecule has 30 heavy (non-hydrogen) atoms. The Kier molecular flexibility index (Phi) is 6.06. The number of thioether (sulfide) groups is 1. The van der Waals surface area contributed by atoms with Crippen LogP contribution in [0.4, 0.5) is 5.69 Å². The van der Waals surface area contributed by atoms with Crippen molar-refractivity contribution in [3.63, 3.8) is 0 Å². The fourth-order valence-corrected chi connectivity index (χ4v) is 4.47. The molecule has 152 valence electrons. The van der Waals surface area contributed by atoms with Crippen LogP contribution >= 0.6 is 23.4 Å². The van der Waals surface area contributed by atoms with Crippen molar-refractivity contribution in [2.24, 2.45) is 0 Å². The van der Waals surface area contributed by atoms with Gasteiger partial charge in [0, 0.05) is 22.7 Å². The first-order chi connectivity index (χ1) is 14.5. The summed E-state index contributed by atoms with van der Waals surface area (Å²) in [4.78, 5) is 21.8. The molecule has 0 bridgehead atoms. The maximum atomic E-state index is 12.8. The fraction of sp³-hybridized carbons (Fsp3) is 0.174. The van der Waals surface area contributed by atoms with Gasteiger partial charge in [0.15, 0.2) is 5.16 Å². The Bertz CT molecular complexity index is 1220. The molecular formula is C23H21ClN4OS. The average molecular weight is 437 g/mol. The van der Waals surface area contributed by atoms with Crippen LogP contribution in [-0.2, 0) is 17.1 Å². The molecule has 0 radical (unpaired) electrons. The van der Waals surface area contributed by atoms with E-state index in [1.807, 2.05) is 47.9 Å². The number of halogens is 1. The van der Waals surface area contributed by atoms with Gasteiger partial charge in [0.25, 0.3) is 0 Å². The van der Waals surface area contributed by atoms with E-state index in [4.69, 9.17) is 16.6 Å². The van der Waals surface area contributed by atoms with E-state index in [1.54, 1.807) is 24.2 Å². The van der Waals surface area contributed by atoms with Gasteiger partial charge in [0.05, 0.1) is 17.2 Å². The van der Waals surface area contributed by atoms with Gasteiger partial charge in [0.2, 0.25) is 5.91 Å². The number of nitrogens with zero attached hydrogens (tertiary/aromatic N) is 3. The van der Waals surface area contributed by atoms with E-state index in [-0.39, 0.29) is 12.5 Å². The number of rotatable bonds is 6. The first kappa shape index (κ1) is 20.4. The van der Waals surface area contributed by atoms with Crippen LogP contribution in [0.1, 0.15) is 16.7 Å². The Morgan fingerprint density at radius 2 is 1.97 bits per heavy atom. The zero-order chi connectivity index (χ0) is 21.1. The van der Waals surface area contributed by atoms with Crippen molar-refractivity contribution in [1.82, 2.24) is 14.5 Å². The number of imidazole rings is 1. The molecule has 2 heterocycles. The van der Waals surface area contributed by atoms with Gasteiger partial charge in [-0.2, -0.15) is 0 Å². The highest BCUT2D eigenvalue weighted by Crippen LogP contribution is 2.28. The Labute approximate surface area is 184 Å². The van der Waals surface area contributed by atoms with Crippen LogP contribution in [-0.4, -0.2) is 20.4 Å². The lowest BCUT2D eigenvalue weighted by Gasteiger charge is -2.12. The number of nitrogens with one attached hydrogen (secondary N) is 1. The fourth-order valence-electron chi connectivity index (χ4n) is 3.20. The minimum atomic E-state index is -0.138. The van der Waals surface area contributed by atoms with Crippen molar-refractivity contribution in [1.29, 1.82) is 0 Å². The second kappa shape index (κ2) is 8.90. The predicted octanol–water partition coefficient (Wildman–Crippen LogP) is 5.63. The number of benzene rings is 2. The van der Waals surface area contributed by atoms with Crippen LogP contribution in [0.25, 0.3) is 11.0 Å². The molecule has 5 nitrogen and oxygen atoms in total. The van der Waals surface area contributed by atoms with Crippen LogP contribution in [0.3, 0.4) is 0 Å². The van der Waals surface area contributed by atoms with E-state index in [1.165, 1.54) is 11.1 Å². The summed E-state index contributed by atoms with van der Waals surface area (Å²) in [5.41, 5.74) is 5.71. The lowest BCUT2D eigenvalue weighted by molar-refractivity contribution is -0.116. The summed E-state index contributed by atoms with van der Waals surface area (Å²) in [5.74, 6) is 0.639. The maximum Gasteiger partial charge on any atom is 0.244 e. The molecule has 0 fully saturated rings. The van der Waals surface area contributed by atoms with Crippen molar-refractivity contribution in [3.8, 4) is 0 Å². The van der Waals surface area contributed by atoms with Crippen LogP contribution in [0.15, 0.2) is 66.1 Å². The van der Waals surface area contributed by atoms with Gasteiger partial charge in [-0.3, -0.25) is 9.78 Å². The minimum Gasteiger partial charge on any atom is -0.324 e. The smallest absolute Gasteiger partial charge is 0.244 e. The van der Waals surface area contributed by atoms with Gasteiger partial charge < -0.3 is 9.88 Å². The molecule has 0 aliphatic heterocycles. The van der Waals surface area contributed by atoms with E-state index in [0.717, 1.165) is 27.5 Å². The molecule has 4 aromatic rings. The number of amides is 1. The SMILES string of the molecule is Cc1ccccc1CSc1nc2ccncc2n1CC(=O)Nc1cccc(Cl)c1C. The van der Waals surface area contributed by atoms with Crippen LogP contribution < -0.4 is 5.32 Å². The lowest BCUT2D eigenvalue weighted by atomic mass is 10.1. The van der Waals surface area contributed by atoms with Gasteiger partial charge in [0.1, 0.15) is 6.54 Å². The standard InChI is InChI=1S/C23H21ClN4OS/c1-15-6-3-4-7-17(15)14-30-23-27-20-10-11-25-12-21(20)28(23)13-22(29)26-19-9-5-8-18(24)16(19)2/h3-12H,13-14H2,1-2H3,(H,26,29). The monoisotopic (exact) mass is 436 g/mol. The topological polar surface area (TPSA) is 59.8 Å². The van der Waals surface area contributed by atoms with E-state index in [0.29, 0.717) is 10.7 Å². The second-order valence-electron chi connectivity index (χ2n) is 7.02. The Hall–Kier alpha value is -2.83. The molecule has 4 rings (SSSR count). The number of hydrogen-bond donors (Lipinski definition) is 1. The number of carbonyl (C=O) groups is 1. The first-order valence-corrected chi connectivity index (χ1v) is 10.9. The summed E-state index contributed by atoms with van der Waals surface area (Å²) in [7, 11) is 0. The molecule has 7 heteroatoms. The molecular weight excluding hydrogens is 416 g/mol.